The van der Waals surface area contributed by atoms with Crippen LogP contribution in [0.25, 0.3) is 33.5 Å². The van der Waals surface area contributed by atoms with Crippen molar-refractivity contribution >= 4 is 90.5 Å². The third-order valence-corrected chi connectivity index (χ3v) is 25.3. The molecule has 0 spiro atoms. The molecule has 0 bridgehead atoms. The first-order valence-electron chi connectivity index (χ1n) is 36.7. The summed E-state index contributed by atoms with van der Waals surface area (Å²) in [5, 5.41) is 21.7. The third-order valence-electron chi connectivity index (χ3n) is 19.8. The minimum atomic E-state index is -5.82. The number of hydrogen-bond acceptors (Lipinski definition) is 41. The molecular formula is C60H76N21O37P5. The summed E-state index contributed by atoms with van der Waals surface area (Å²) in [6.07, 6.45) is -28.8. The zero-order chi connectivity index (χ0) is 88.0. The Hall–Kier alpha value is -9.28. The molecule has 15 heterocycles. The van der Waals surface area contributed by atoms with Crippen molar-refractivity contribution in [2.45, 2.75) is 170 Å². The number of aromatic amines is 6. The van der Waals surface area contributed by atoms with Gasteiger partial charge in [0.2, 0.25) is 17.8 Å². The van der Waals surface area contributed by atoms with E-state index in [1.165, 1.54) is 20.8 Å². The highest BCUT2D eigenvalue weighted by Gasteiger charge is 2.52. The fourth-order valence-electron chi connectivity index (χ4n) is 14.6. The molecule has 0 aliphatic carbocycles. The van der Waals surface area contributed by atoms with Crippen molar-refractivity contribution in [2.24, 2.45) is 0 Å². The van der Waals surface area contributed by atoms with E-state index in [9.17, 15) is 101 Å². The van der Waals surface area contributed by atoms with Crippen LogP contribution in [0, 0.1) is 20.8 Å². The summed E-state index contributed by atoms with van der Waals surface area (Å²) in [5.41, 5.74) is 7.48. The molecule has 15 rings (SSSR count). The number of phosphoric ester groups is 5. The number of aryl methyl sites for hydroxylation is 3. The van der Waals surface area contributed by atoms with E-state index in [0.29, 0.717) is 4.57 Å². The summed E-state index contributed by atoms with van der Waals surface area (Å²) in [6.45, 7) is -0.111. The van der Waals surface area contributed by atoms with Gasteiger partial charge in [0.25, 0.3) is 33.4 Å². The predicted octanol–water partition coefficient (Wildman–Crippen LogP) is -3.70. The number of imidazole rings is 3. The van der Waals surface area contributed by atoms with Crippen molar-refractivity contribution in [3.63, 3.8) is 0 Å². The van der Waals surface area contributed by atoms with Gasteiger partial charge in [-0.25, -0.2) is 52.2 Å². The van der Waals surface area contributed by atoms with Crippen LogP contribution in [0.15, 0.2) is 80.7 Å². The molecule has 63 heteroatoms. The standard InChI is InChI=1S/C60H76N21O37P5/c1-22-10-76(58(90)73-43(22)84)49-31(83)5-26(14-104-49)109-119(93,94)117-35-8-29(17-107-53(35)80-20-65-38-41(80)68-56(62)71-47(38)88)112-121(97,98)116-34-7-28(16-106-51(34)78-12-24(3)45(86)75-60(78)92)111-123(101,102)118-36-9-30(18-108-54(36)81-21-66-39-42(81)69-57(63)72-48(39)89)113-122(99,100)115-33-6-27(15-105-50(33)77-11-23(2)44(85)74-59(77)91)110-120(95,96)114-32-4-25(82)13-103-52(32)79-19-64-37-40(79)67-55(61)70-46(37)87/h10-12,19-21,25-36,49-54,82-83H,4-9,13-18H2,1-3H3,(H,93,94)(H,95,96)(H,97,98)(H,99,100)(H,101,102)(H,73,84,90)(H,74,85,91)(H,75,86,92)(H3,61,67,70,87)(H3,62,68,71,88)(H3,63,69,72,89)/t25-,26-,27-,28-,29-,30-,31+,32+,33+,34+,35+,36+,49+,50+,51+,52+,53+,54+/m0/s1. The molecule has 9 aromatic rings. The molecule has 668 valence electrons. The van der Waals surface area contributed by atoms with E-state index < -0.39 is 284 Å². The SMILES string of the molecule is Cc1cn([C@@H]2OC[C@@H](OP(=O)(O)O[C@@H]3C[C@H](OP(=O)(O)O[C@@H]4C[C@H](OP(=O)(O)O[C@@H]5C[C@H](OP(=O)(O)O[C@@H]6C[C@H](OP(=O)(O)O[C@@H]7C[C@H](O)CO[C@H]7n7cnc8c(=O)[nH]c(N)nc87)CO[C@H]6n6cc(C)c(=O)[nH]c6=O)CO[C@H]5n5cnc6c(=O)[nH]c(N)nc65)CO[C@H]4n4cc(C)c(=O)[nH]c4=O)CO[C@H]3n3cnc4c(=O)[nH]c(N)nc43)C[C@H]2O)c(=O)[nH]c1=O. The second-order valence-corrected chi connectivity index (χ2v) is 35.7. The van der Waals surface area contributed by atoms with Gasteiger partial charge < -0.3 is 80.3 Å². The first-order valence-corrected chi connectivity index (χ1v) is 44.1. The van der Waals surface area contributed by atoms with Crippen molar-refractivity contribution in [1.82, 2.24) is 87.2 Å². The molecule has 0 amide bonds. The molecule has 6 aliphatic heterocycles. The maximum Gasteiger partial charge on any atom is 0.472 e. The normalized spacial score (nSPS) is 29.8. The second kappa shape index (κ2) is 34.6. The van der Waals surface area contributed by atoms with Crippen LogP contribution < -0.4 is 67.6 Å². The van der Waals surface area contributed by atoms with Crippen LogP contribution in [0.3, 0.4) is 0 Å². The lowest BCUT2D eigenvalue weighted by Gasteiger charge is -2.40. The van der Waals surface area contributed by atoms with E-state index in [-0.39, 0.29) is 62.7 Å². The average molecular weight is 1840 g/mol. The molecule has 6 fully saturated rings. The first-order chi connectivity index (χ1) is 58.0. The largest absolute Gasteiger partial charge is 0.472 e. The monoisotopic (exact) mass is 1840 g/mol. The minimum Gasteiger partial charge on any atom is -0.391 e. The van der Waals surface area contributed by atoms with Crippen molar-refractivity contribution in [3.05, 3.63) is 148 Å². The molecule has 123 heavy (non-hydrogen) atoms. The molecule has 58 nitrogen and oxygen atoms in total. The quantitative estimate of drug-likeness (QED) is 0.0232. The molecule has 6 aliphatic rings. The molecule has 6 saturated heterocycles. The minimum absolute atomic E-state index is 0.0722. The Balaban J connectivity index is 0.661. The van der Waals surface area contributed by atoms with Gasteiger partial charge >= 0.3 is 56.2 Å². The second-order valence-electron chi connectivity index (χ2n) is 28.9. The fraction of sp³-hybridized carbons (Fsp3) is 0.550. The van der Waals surface area contributed by atoms with Crippen molar-refractivity contribution in [1.29, 1.82) is 0 Å². The predicted molar refractivity (Wildman–Crippen MR) is 403 cm³/mol. The lowest BCUT2D eigenvalue weighted by molar-refractivity contribution is -0.173. The van der Waals surface area contributed by atoms with E-state index >= 15 is 0 Å². The van der Waals surface area contributed by atoms with E-state index in [1.54, 1.807) is 0 Å². The Morgan fingerprint density at radius 2 is 0.585 bits per heavy atom. The smallest absolute Gasteiger partial charge is 0.391 e. The summed E-state index contributed by atoms with van der Waals surface area (Å²) in [6, 6.07) is 0. The van der Waals surface area contributed by atoms with E-state index in [4.69, 9.17) is 90.9 Å². The van der Waals surface area contributed by atoms with Gasteiger partial charge in [-0.05, 0) is 20.8 Å². The number of rotatable bonds is 26. The maximum absolute atomic E-state index is 14.8. The number of nitrogens with one attached hydrogen (secondary N) is 6. The van der Waals surface area contributed by atoms with Gasteiger partial charge in [-0.2, -0.15) is 15.0 Å². The molecule has 9 aromatic heterocycles. The van der Waals surface area contributed by atoms with Crippen LogP contribution in [0.5, 0.6) is 0 Å². The van der Waals surface area contributed by atoms with Crippen LogP contribution in [-0.2, 0) is 96.5 Å². The fourth-order valence-corrected chi connectivity index (χ4v) is 20.1. The topological polar surface area (TPSA) is 808 Å². The number of anilines is 3. The zero-order valence-corrected chi connectivity index (χ0v) is 68.0. The molecule has 0 aromatic carbocycles. The Kier molecular flexibility index (Phi) is 24.9. The number of nitrogens with two attached hydrogens (primary N) is 3. The zero-order valence-electron chi connectivity index (χ0n) is 63.6. The summed E-state index contributed by atoms with van der Waals surface area (Å²) >= 11 is 0. The molecule has 0 saturated carbocycles. The number of H-pyrrole nitrogens is 6. The summed E-state index contributed by atoms with van der Waals surface area (Å²) in [4.78, 5) is 212. The summed E-state index contributed by atoms with van der Waals surface area (Å²) in [5.74, 6) is -1.24. The number of phosphoric acid groups is 5. The van der Waals surface area contributed by atoms with Gasteiger partial charge in [0, 0.05) is 73.8 Å². The number of nitrogen functional groups attached to an aromatic ring is 3. The molecule has 0 radical (unpaired) electrons. The van der Waals surface area contributed by atoms with Crippen LogP contribution in [0.2, 0.25) is 0 Å². The Bertz CT molecular complexity index is 6400. The molecule has 19 N–H and O–H groups in total. The van der Waals surface area contributed by atoms with Gasteiger partial charge in [0.15, 0.2) is 70.9 Å². The van der Waals surface area contributed by atoms with E-state index in [0.717, 1.165) is 60.4 Å². The van der Waals surface area contributed by atoms with Gasteiger partial charge in [-0.15, -0.1) is 0 Å². The van der Waals surface area contributed by atoms with Gasteiger partial charge in [-0.3, -0.25) is 131 Å². The Labute approximate surface area is 681 Å². The van der Waals surface area contributed by atoms with E-state index in [2.05, 4.69) is 54.8 Å². The number of aliphatic hydroxyl groups excluding tert-OH is 2. The van der Waals surface area contributed by atoms with Crippen molar-refractivity contribution in [2.75, 3.05) is 56.8 Å². The molecular weight excluding hydrogens is 1760 g/mol. The highest BCUT2D eigenvalue weighted by Crippen LogP contribution is 2.58. The number of aliphatic hydroxyl groups is 2. The van der Waals surface area contributed by atoms with Gasteiger partial charge in [0.1, 0.15) is 36.6 Å². The summed E-state index contributed by atoms with van der Waals surface area (Å²) < 4.78 is 170. The molecule has 23 atom stereocenters. The number of fused-ring (bicyclic) bond motifs is 3. The number of ether oxygens (including phenoxy) is 6. The third kappa shape index (κ3) is 19.6. The molecule has 5 unspecified atom stereocenters. The Morgan fingerprint density at radius 1 is 0.341 bits per heavy atom. The number of nitrogens with zero attached hydrogens (tertiary/aromatic N) is 12. The van der Waals surface area contributed by atoms with Gasteiger partial charge in [-0.1, -0.05) is 0 Å². The van der Waals surface area contributed by atoms with Crippen molar-refractivity contribution < 1.29 is 131 Å². The van der Waals surface area contributed by atoms with E-state index in [1.807, 2.05) is 4.98 Å². The maximum atomic E-state index is 14.8. The first kappa shape index (κ1) is 88.6. The highest BCUT2D eigenvalue weighted by atomic mass is 31.2. The van der Waals surface area contributed by atoms with Crippen LogP contribution in [-0.4, -0.2) is 235 Å². The average Bonchev–Trinajstić information content (AvgIpc) is 1.78. The number of aromatic nitrogens is 18. The van der Waals surface area contributed by atoms with Crippen LogP contribution in [0.1, 0.15) is 92.6 Å². The van der Waals surface area contributed by atoms with Gasteiger partial charge in [0.05, 0.1) is 95.2 Å². The number of hydrogen-bond donors (Lipinski definition) is 16. The van der Waals surface area contributed by atoms with Crippen LogP contribution >= 0.6 is 39.1 Å². The highest BCUT2D eigenvalue weighted by molar-refractivity contribution is 7.48. The summed E-state index contributed by atoms with van der Waals surface area (Å²) in [7, 11) is -28.3. The lowest BCUT2D eigenvalue weighted by atomic mass is 10.1. The van der Waals surface area contributed by atoms with Crippen molar-refractivity contribution in [3.8, 4) is 0 Å². The Morgan fingerprint density at radius 3 is 0.870 bits per heavy atom. The lowest BCUT2D eigenvalue weighted by Crippen LogP contribution is -2.46. The van der Waals surface area contributed by atoms with Crippen LogP contribution in [0.4, 0.5) is 17.8 Å².